The van der Waals surface area contributed by atoms with E-state index < -0.39 is 81.7 Å². The first-order valence-corrected chi connectivity index (χ1v) is 33.5. The zero-order chi connectivity index (χ0) is 68.0. The second kappa shape index (κ2) is 30.3. The first-order chi connectivity index (χ1) is 44.6. The molecule has 25 heteroatoms. The Bertz CT molecular complexity index is 3100. The summed E-state index contributed by atoms with van der Waals surface area (Å²) in [6, 6.07) is 33.0. The molecule has 3 amide bonds. The number of ether oxygens (including phenoxy) is 7. The number of nitrogens with zero attached hydrogens (tertiary/aromatic N) is 4. The van der Waals surface area contributed by atoms with Crippen molar-refractivity contribution < 1.29 is 91.3 Å². The smallest absolute Gasteiger partial charge is 0.435 e. The Morgan fingerprint density at radius 2 is 1.35 bits per heavy atom. The number of carbonyl (C=O) groups excluding carboxylic acids is 2. The molecule has 0 N–H and O–H groups in total. The maximum Gasteiger partial charge on any atom is 0.435 e. The summed E-state index contributed by atoms with van der Waals surface area (Å²) in [5.74, 6) is 1.88. The van der Waals surface area contributed by atoms with E-state index in [1.807, 2.05) is 84.9 Å². The molecule has 0 radical (unpaired) electrons. The van der Waals surface area contributed by atoms with Gasteiger partial charge in [-0.2, -0.15) is 44.8 Å². The molecule has 2 heterocycles. The number of nitriles is 1. The van der Waals surface area contributed by atoms with Crippen molar-refractivity contribution in [2.24, 2.45) is 23.2 Å². The number of carbonyl (C=O) groups is 2. The van der Waals surface area contributed by atoms with Crippen LogP contribution in [0.15, 0.2) is 97.1 Å². The molecule has 0 spiro atoms. The number of alkyl halides is 9. The molecule has 4 aromatic rings. The fourth-order valence-electron chi connectivity index (χ4n) is 14.9. The van der Waals surface area contributed by atoms with E-state index in [0.29, 0.717) is 43.1 Å². The summed E-state index contributed by atoms with van der Waals surface area (Å²) in [6.07, 6.45) is -17.7. The van der Waals surface area contributed by atoms with E-state index in [9.17, 15) is 54.4 Å². The van der Waals surface area contributed by atoms with E-state index in [2.05, 4.69) is 62.2 Å². The summed E-state index contributed by atoms with van der Waals surface area (Å²) < 4.78 is 178. The van der Waals surface area contributed by atoms with Gasteiger partial charge in [0, 0.05) is 38.2 Å². The first kappa shape index (κ1) is 72.5. The van der Waals surface area contributed by atoms with Gasteiger partial charge in [-0.15, -0.1) is 0 Å². The Morgan fingerprint density at radius 1 is 0.734 bits per heavy atom. The second-order valence-corrected chi connectivity index (χ2v) is 27.3. The Morgan fingerprint density at radius 3 is 1.95 bits per heavy atom. The molecule has 2 saturated heterocycles. The zero-order valence-electron chi connectivity index (χ0n) is 54.4. The third-order valence-electron chi connectivity index (χ3n) is 19.5. The van der Waals surface area contributed by atoms with Gasteiger partial charge < -0.3 is 42.2 Å². The molecule has 7 unspecified atom stereocenters. The molecule has 0 aromatic heterocycles. The molecule has 516 valence electrons. The standard InChI is InChI=1S/C69H86F9N4O11P/c1-44(2)82(45(3)4)94(91-39-14-34-79)93-58-41-61(92-59(58)43-90-65(48-16-10-9-11-17-48,49-19-23-51(85-7)24-20-49)50-21-25-52(86-8)26-22-50)81-42-46(5)62(83)80(63(81)84)35-12-13-36-87-53-27-29-54-47(40-53)18-28-56-55(54)32-33-64(6)57(56)30-31-60(64)88-37-15-38-89-66(67(70,71)72,68(73,74)75)69(76,77)78/h9-11,16-17,19-27,29,40,44-46,55-61H,12-15,18,28,30-33,35-39,41-43H2,1-8H3/t46?,55?,56?,57?,58-,59-,60?,61-,64?,94?/m1/s1. The third-order valence-corrected chi connectivity index (χ3v) is 21.6. The molecule has 4 aromatic carbocycles. The Labute approximate surface area is 545 Å². The van der Waals surface area contributed by atoms with E-state index in [1.54, 1.807) is 26.0 Å². The highest BCUT2D eigenvalue weighted by atomic mass is 31.2. The lowest BCUT2D eigenvalue weighted by Gasteiger charge is -2.50. The van der Waals surface area contributed by atoms with Gasteiger partial charge in [0.05, 0.1) is 71.3 Å². The van der Waals surface area contributed by atoms with Gasteiger partial charge in [0.25, 0.3) is 8.53 Å². The average molecular weight is 1350 g/mol. The summed E-state index contributed by atoms with van der Waals surface area (Å²) in [5, 5.41) is 9.56. The first-order valence-electron chi connectivity index (χ1n) is 32.4. The Hall–Kier alpha value is -5.77. The second-order valence-electron chi connectivity index (χ2n) is 25.9. The van der Waals surface area contributed by atoms with Gasteiger partial charge in [0.1, 0.15) is 35.2 Å². The number of unbranched alkanes of at least 4 members (excludes halogenated alkanes) is 1. The van der Waals surface area contributed by atoms with Gasteiger partial charge >= 0.3 is 30.2 Å². The molecule has 3 aliphatic carbocycles. The van der Waals surface area contributed by atoms with Crippen LogP contribution >= 0.6 is 8.53 Å². The largest absolute Gasteiger partial charge is 0.497 e. The van der Waals surface area contributed by atoms with Gasteiger partial charge in [-0.05, 0) is 173 Å². The number of rotatable bonds is 29. The lowest BCUT2D eigenvalue weighted by atomic mass is 9.55. The monoisotopic (exact) mass is 1350 g/mol. The van der Waals surface area contributed by atoms with Crippen LogP contribution in [-0.2, 0) is 44.8 Å². The highest BCUT2D eigenvalue weighted by Crippen LogP contribution is 2.62. The molecule has 4 fully saturated rings. The van der Waals surface area contributed by atoms with E-state index in [4.69, 9.17) is 37.5 Å². The lowest BCUT2D eigenvalue weighted by molar-refractivity contribution is -0.457. The minimum atomic E-state index is -6.79. The summed E-state index contributed by atoms with van der Waals surface area (Å²) >= 11 is 0. The fourth-order valence-corrected chi connectivity index (χ4v) is 16.7. The quantitative estimate of drug-likeness (QED) is 0.0220. The summed E-state index contributed by atoms with van der Waals surface area (Å²) in [5.41, 5.74) is -3.06. The number of imide groups is 1. The van der Waals surface area contributed by atoms with Crippen molar-refractivity contribution in [3.8, 4) is 23.3 Å². The average Bonchev–Trinajstić information content (AvgIpc) is 1.17. The minimum absolute atomic E-state index is 0.0115. The van der Waals surface area contributed by atoms with Gasteiger partial charge in [0.2, 0.25) is 5.91 Å². The molecule has 10 atom stereocenters. The van der Waals surface area contributed by atoms with Gasteiger partial charge in [-0.1, -0.05) is 74.5 Å². The summed E-state index contributed by atoms with van der Waals surface area (Å²) in [7, 11) is 1.43. The van der Waals surface area contributed by atoms with E-state index >= 15 is 0 Å². The number of fused-ring (bicyclic) bond motifs is 5. The predicted molar refractivity (Wildman–Crippen MR) is 332 cm³/mol. The molecule has 15 nitrogen and oxygen atoms in total. The number of benzene rings is 4. The van der Waals surface area contributed by atoms with Crippen LogP contribution in [-0.4, -0.2) is 148 Å². The highest BCUT2D eigenvalue weighted by Gasteiger charge is 2.85. The lowest BCUT2D eigenvalue weighted by Crippen LogP contribution is -2.67. The van der Waals surface area contributed by atoms with Crippen molar-refractivity contribution in [3.05, 3.63) is 125 Å². The van der Waals surface area contributed by atoms with Crippen molar-refractivity contribution >= 4 is 20.5 Å². The van der Waals surface area contributed by atoms with Gasteiger partial charge in [0.15, 0.2) is 0 Å². The zero-order valence-corrected chi connectivity index (χ0v) is 55.3. The molecule has 2 aliphatic heterocycles. The maximum absolute atomic E-state index is 14.8. The Kier molecular flexibility index (Phi) is 23.4. The number of hydrogen-bond acceptors (Lipinski definition) is 13. The minimum Gasteiger partial charge on any atom is -0.497 e. The van der Waals surface area contributed by atoms with Crippen LogP contribution in [0.2, 0.25) is 0 Å². The third kappa shape index (κ3) is 15.0. The van der Waals surface area contributed by atoms with Crippen molar-refractivity contribution in [2.45, 2.75) is 184 Å². The number of amides is 3. The van der Waals surface area contributed by atoms with Gasteiger partial charge in [-0.25, -0.2) is 9.46 Å². The topological polar surface area (TPSA) is 151 Å². The fraction of sp³-hybridized carbons (Fsp3) is 0.609. The number of methoxy groups -OCH3 is 2. The van der Waals surface area contributed by atoms with Crippen molar-refractivity contribution in [3.63, 3.8) is 0 Å². The molecular weight excluding hydrogens is 1260 g/mol. The van der Waals surface area contributed by atoms with Crippen LogP contribution in [0.25, 0.3) is 0 Å². The SMILES string of the molecule is COc1ccc(C(OC[C@H]2O[C@@H](N3CC(C)C(=O)N(CCCCOc4ccc5c(c4)CCC4C5CCC5(C)C(OCCCOC(C(F)(F)F)(C(F)(F)F)C(F)(F)F)CCC45)C3=O)C[C@H]2OP(OCCC#N)N(C(C)C)C(C)C)(c2ccccc2)c2ccc(OC)cc2)cc1. The van der Waals surface area contributed by atoms with Crippen LogP contribution in [0.3, 0.4) is 0 Å². The molecule has 9 rings (SSSR count). The maximum atomic E-state index is 14.8. The van der Waals surface area contributed by atoms with Crippen LogP contribution in [0.4, 0.5) is 44.3 Å². The van der Waals surface area contributed by atoms with E-state index in [0.717, 1.165) is 48.8 Å². The summed E-state index contributed by atoms with van der Waals surface area (Å²) in [6.45, 7) is 10.9. The number of halogens is 9. The molecule has 94 heavy (non-hydrogen) atoms. The number of aryl methyl sites for hydroxylation is 1. The highest BCUT2D eigenvalue weighted by molar-refractivity contribution is 7.44. The van der Waals surface area contributed by atoms with Crippen LogP contribution in [0.1, 0.15) is 139 Å². The Balaban J connectivity index is 0.842. The van der Waals surface area contributed by atoms with Crippen molar-refractivity contribution in [1.82, 2.24) is 14.5 Å². The molecule has 5 aliphatic rings. The van der Waals surface area contributed by atoms with Crippen LogP contribution in [0.5, 0.6) is 17.2 Å². The van der Waals surface area contributed by atoms with Crippen LogP contribution in [0, 0.1) is 34.5 Å². The van der Waals surface area contributed by atoms with Crippen molar-refractivity contribution in [2.75, 3.05) is 60.3 Å². The number of hydrogen-bond donors (Lipinski definition) is 0. The van der Waals surface area contributed by atoms with Crippen molar-refractivity contribution in [1.29, 1.82) is 5.26 Å². The predicted octanol–water partition coefficient (Wildman–Crippen LogP) is 15.6. The normalized spacial score (nSPS) is 24.8. The van der Waals surface area contributed by atoms with E-state index in [1.165, 1.54) is 16.0 Å². The summed E-state index contributed by atoms with van der Waals surface area (Å²) in [4.78, 5) is 31.7. The molecule has 2 saturated carbocycles. The molecular formula is C69H86F9N4O11P. The number of urea groups is 1. The molecule has 0 bridgehead atoms. The van der Waals surface area contributed by atoms with Gasteiger partial charge in [-0.3, -0.25) is 14.6 Å². The van der Waals surface area contributed by atoms with E-state index in [-0.39, 0.29) is 93.0 Å². The van der Waals surface area contributed by atoms with Crippen LogP contribution < -0.4 is 14.2 Å².